The second-order valence-corrected chi connectivity index (χ2v) is 9.11. The van der Waals surface area contributed by atoms with E-state index in [1.54, 1.807) is 6.08 Å². The van der Waals surface area contributed by atoms with Gasteiger partial charge in [0.15, 0.2) is 0 Å². The lowest BCUT2D eigenvalue weighted by atomic mass is 9.87. The summed E-state index contributed by atoms with van der Waals surface area (Å²) in [5.41, 5.74) is 7.49. The average Bonchev–Trinajstić information content (AvgIpc) is 3.39. The number of unbranched alkanes of at least 4 members (excludes halogenated alkanes) is 3. The molecule has 5 nitrogen and oxygen atoms in total. The van der Waals surface area contributed by atoms with Crippen LogP contribution in [0.2, 0.25) is 0 Å². The Labute approximate surface area is 218 Å². The minimum atomic E-state index is -0.959. The molecular formula is C32H34N2O3. The molecule has 0 unspecified atom stereocenters. The second-order valence-electron chi connectivity index (χ2n) is 9.11. The molecule has 3 aromatic carbocycles. The van der Waals surface area contributed by atoms with Gasteiger partial charge in [-0.25, -0.2) is 4.79 Å². The molecule has 4 aromatic rings. The number of allylic oxidation sites excluding steroid dienone is 1. The summed E-state index contributed by atoms with van der Waals surface area (Å²) in [7, 11) is 0. The topological polar surface area (TPSA) is 75.2 Å². The number of hydrogen-bond donors (Lipinski definition) is 2. The van der Waals surface area contributed by atoms with E-state index in [0.717, 1.165) is 70.0 Å². The van der Waals surface area contributed by atoms with E-state index < -0.39 is 5.97 Å². The molecule has 0 aliphatic rings. The van der Waals surface area contributed by atoms with Gasteiger partial charge in [-0.2, -0.15) is 5.10 Å². The summed E-state index contributed by atoms with van der Waals surface area (Å²) in [4.78, 5) is 10.9. The Morgan fingerprint density at radius 3 is 2.51 bits per heavy atom. The number of nitrogens with one attached hydrogen (secondary N) is 1. The molecule has 0 saturated heterocycles. The lowest BCUT2D eigenvalue weighted by Crippen LogP contribution is -1.99. The van der Waals surface area contributed by atoms with Crippen LogP contribution in [0, 0.1) is 0 Å². The molecule has 190 valence electrons. The summed E-state index contributed by atoms with van der Waals surface area (Å²) in [5.74, 6) is -0.0717. The van der Waals surface area contributed by atoms with Gasteiger partial charge in [0, 0.05) is 11.5 Å². The molecule has 0 aliphatic heterocycles. The van der Waals surface area contributed by atoms with Crippen molar-refractivity contribution < 1.29 is 14.6 Å². The molecule has 0 atom stereocenters. The van der Waals surface area contributed by atoms with Gasteiger partial charge in [-0.3, -0.25) is 5.10 Å². The maximum Gasteiger partial charge on any atom is 0.328 e. The molecule has 0 spiro atoms. The molecule has 0 amide bonds. The number of carbonyl (C=O) groups is 1. The van der Waals surface area contributed by atoms with Gasteiger partial charge < -0.3 is 9.84 Å². The highest BCUT2D eigenvalue weighted by atomic mass is 16.5. The van der Waals surface area contributed by atoms with E-state index in [-0.39, 0.29) is 0 Å². The molecule has 1 aromatic heterocycles. The molecule has 0 aliphatic carbocycles. The average molecular weight is 495 g/mol. The van der Waals surface area contributed by atoms with E-state index in [2.05, 4.69) is 72.6 Å². The third kappa shape index (κ3) is 6.76. The van der Waals surface area contributed by atoms with E-state index >= 15 is 0 Å². The van der Waals surface area contributed by atoms with Gasteiger partial charge in [-0.15, -0.1) is 0 Å². The number of aromatic amines is 1. The van der Waals surface area contributed by atoms with Crippen LogP contribution in [-0.2, 0) is 4.79 Å². The smallest absolute Gasteiger partial charge is 0.328 e. The van der Waals surface area contributed by atoms with Crippen LogP contribution in [0.15, 0.2) is 79.0 Å². The van der Waals surface area contributed by atoms with Crippen LogP contribution in [0.3, 0.4) is 0 Å². The number of benzene rings is 3. The number of aromatic nitrogens is 2. The van der Waals surface area contributed by atoms with Crippen LogP contribution in [0.5, 0.6) is 5.75 Å². The molecule has 1 heterocycles. The van der Waals surface area contributed by atoms with Crippen molar-refractivity contribution in [2.75, 3.05) is 6.61 Å². The molecule has 0 fully saturated rings. The van der Waals surface area contributed by atoms with Crippen molar-refractivity contribution in [3.05, 3.63) is 101 Å². The number of carboxylic acid groups (broad SMARTS) is 1. The first-order valence-electron chi connectivity index (χ1n) is 13.0. The van der Waals surface area contributed by atoms with Gasteiger partial charge in [-0.05, 0) is 76.6 Å². The van der Waals surface area contributed by atoms with E-state index in [1.165, 1.54) is 24.8 Å². The number of hydrogen-bond acceptors (Lipinski definition) is 3. The minimum absolute atomic E-state index is 0.726. The lowest BCUT2D eigenvalue weighted by molar-refractivity contribution is -0.131. The monoisotopic (exact) mass is 494 g/mol. The summed E-state index contributed by atoms with van der Waals surface area (Å²) in [6.45, 7) is 5.11. The number of fused-ring (bicyclic) bond motifs is 1. The van der Waals surface area contributed by atoms with Crippen molar-refractivity contribution in [3.8, 4) is 5.75 Å². The van der Waals surface area contributed by atoms with Gasteiger partial charge in [-0.1, -0.05) is 75.6 Å². The Kier molecular flexibility index (Phi) is 8.93. The normalized spacial score (nSPS) is 12.2. The van der Waals surface area contributed by atoms with Gasteiger partial charge in [0.1, 0.15) is 5.75 Å². The standard InChI is InChI=1S/C32H34N2O3/c1-3-5-6-7-19-37-28-10-8-9-25(21-28)29(4-2)32(26-16-17-30-27(20-26)22-33-34-30)24-14-11-23(12-15-24)13-18-31(35)36/h8-18,20-22H,3-7,19H2,1-2H3,(H,33,34)(H,35,36). The zero-order valence-corrected chi connectivity index (χ0v) is 21.5. The number of nitrogens with zero attached hydrogens (tertiary/aromatic N) is 1. The fourth-order valence-corrected chi connectivity index (χ4v) is 4.56. The van der Waals surface area contributed by atoms with Gasteiger partial charge in [0.05, 0.1) is 18.3 Å². The van der Waals surface area contributed by atoms with E-state index in [1.807, 2.05) is 24.4 Å². The summed E-state index contributed by atoms with van der Waals surface area (Å²) in [6.07, 6.45) is 10.1. The molecule has 4 rings (SSSR count). The highest BCUT2D eigenvalue weighted by Gasteiger charge is 2.15. The summed E-state index contributed by atoms with van der Waals surface area (Å²) < 4.78 is 6.10. The molecule has 2 N–H and O–H groups in total. The zero-order chi connectivity index (χ0) is 26.0. The van der Waals surface area contributed by atoms with Gasteiger partial charge in [0.25, 0.3) is 0 Å². The number of rotatable bonds is 12. The van der Waals surface area contributed by atoms with Crippen molar-refractivity contribution >= 4 is 34.1 Å². The van der Waals surface area contributed by atoms with Crippen LogP contribution < -0.4 is 4.74 Å². The number of ether oxygens (including phenoxy) is 1. The highest BCUT2D eigenvalue weighted by molar-refractivity contribution is 6.00. The maximum absolute atomic E-state index is 10.9. The molecule has 5 heteroatoms. The predicted molar refractivity (Wildman–Crippen MR) is 151 cm³/mol. The third-order valence-corrected chi connectivity index (χ3v) is 6.45. The van der Waals surface area contributed by atoms with Gasteiger partial charge in [0.2, 0.25) is 0 Å². The van der Waals surface area contributed by atoms with Crippen LogP contribution >= 0.6 is 0 Å². The second kappa shape index (κ2) is 12.7. The third-order valence-electron chi connectivity index (χ3n) is 6.45. The highest BCUT2D eigenvalue weighted by Crippen LogP contribution is 2.36. The van der Waals surface area contributed by atoms with Crippen LogP contribution in [0.4, 0.5) is 0 Å². The predicted octanol–water partition coefficient (Wildman–Crippen LogP) is 7.99. The molecule has 0 radical (unpaired) electrons. The minimum Gasteiger partial charge on any atom is -0.494 e. The maximum atomic E-state index is 10.9. The molecular weight excluding hydrogens is 460 g/mol. The molecule has 0 saturated carbocycles. The lowest BCUT2D eigenvalue weighted by Gasteiger charge is -2.17. The SMILES string of the molecule is CCCCCCOc1cccc(C(CC)=C(c2ccc(C=CC(=O)O)cc2)c2ccc3[nH]ncc3c2)c1. The summed E-state index contributed by atoms with van der Waals surface area (Å²) in [6, 6.07) is 22.7. The van der Waals surface area contributed by atoms with Crippen LogP contribution in [0.25, 0.3) is 28.1 Å². The molecule has 0 bridgehead atoms. The van der Waals surface area contributed by atoms with E-state index in [0.29, 0.717) is 0 Å². The first-order valence-corrected chi connectivity index (χ1v) is 13.0. The van der Waals surface area contributed by atoms with Crippen molar-refractivity contribution in [1.29, 1.82) is 0 Å². The number of H-pyrrole nitrogens is 1. The summed E-state index contributed by atoms with van der Waals surface area (Å²) >= 11 is 0. The first kappa shape index (κ1) is 26.0. The Hall–Kier alpha value is -4.12. The van der Waals surface area contributed by atoms with Crippen molar-refractivity contribution in [2.24, 2.45) is 0 Å². The number of aliphatic carboxylic acids is 1. The van der Waals surface area contributed by atoms with Crippen molar-refractivity contribution in [1.82, 2.24) is 10.2 Å². The largest absolute Gasteiger partial charge is 0.494 e. The number of carboxylic acids is 1. The van der Waals surface area contributed by atoms with Crippen molar-refractivity contribution in [2.45, 2.75) is 46.0 Å². The fraction of sp³-hybridized carbons (Fsp3) is 0.250. The summed E-state index contributed by atoms with van der Waals surface area (Å²) in [5, 5.41) is 17.2. The Bertz CT molecular complexity index is 1400. The fourth-order valence-electron chi connectivity index (χ4n) is 4.56. The van der Waals surface area contributed by atoms with Crippen LogP contribution in [0.1, 0.15) is 68.2 Å². The van der Waals surface area contributed by atoms with Gasteiger partial charge >= 0.3 is 5.97 Å². The Morgan fingerprint density at radius 2 is 1.76 bits per heavy atom. The first-order chi connectivity index (χ1) is 18.1. The van der Waals surface area contributed by atoms with Crippen LogP contribution in [-0.4, -0.2) is 27.9 Å². The zero-order valence-electron chi connectivity index (χ0n) is 21.5. The Morgan fingerprint density at radius 1 is 0.946 bits per heavy atom. The van der Waals surface area contributed by atoms with Crippen molar-refractivity contribution in [3.63, 3.8) is 0 Å². The quantitative estimate of drug-likeness (QED) is 0.119. The van der Waals surface area contributed by atoms with E-state index in [4.69, 9.17) is 9.84 Å². The molecule has 37 heavy (non-hydrogen) atoms. The Balaban J connectivity index is 1.76. The van der Waals surface area contributed by atoms with E-state index in [9.17, 15) is 4.79 Å².